The van der Waals surface area contributed by atoms with Gasteiger partial charge >= 0.3 is 0 Å². The van der Waals surface area contributed by atoms with Gasteiger partial charge in [-0.1, -0.05) is 30.3 Å². The van der Waals surface area contributed by atoms with Gasteiger partial charge in [0, 0.05) is 9.83 Å². The van der Waals surface area contributed by atoms with Crippen LogP contribution in [0.1, 0.15) is 19.4 Å². The van der Waals surface area contributed by atoms with E-state index in [0.717, 1.165) is 5.08 Å². The van der Waals surface area contributed by atoms with Crippen molar-refractivity contribution in [1.82, 2.24) is 0 Å². The molecule has 2 heteroatoms. The summed E-state index contributed by atoms with van der Waals surface area (Å²) in [6, 6.07) is 10.5. The first-order valence-corrected chi connectivity index (χ1v) is 5.59. The molecule has 0 atom stereocenters. The summed E-state index contributed by atoms with van der Waals surface area (Å²) in [7, 11) is 0. The van der Waals surface area contributed by atoms with Crippen LogP contribution in [0.5, 0.6) is 0 Å². The molecule has 0 N–H and O–H groups in total. The normalized spacial score (nSPS) is 11.6. The van der Waals surface area contributed by atoms with Crippen LogP contribution in [0.4, 0.5) is 0 Å². The van der Waals surface area contributed by atoms with Crippen LogP contribution in [0, 0.1) is 0 Å². The highest BCUT2D eigenvalue weighted by Crippen LogP contribution is 2.35. The van der Waals surface area contributed by atoms with Crippen molar-refractivity contribution in [2.75, 3.05) is 5.08 Å². The Morgan fingerprint density at radius 1 is 1.25 bits per heavy atom. The van der Waals surface area contributed by atoms with Crippen LogP contribution in [-0.2, 0) is 4.75 Å². The number of hydrogen-bond acceptors (Lipinski definition) is 2. The molecule has 0 spiro atoms. The van der Waals surface area contributed by atoms with E-state index in [1.54, 1.807) is 0 Å². The van der Waals surface area contributed by atoms with E-state index in [1.807, 2.05) is 17.8 Å². The fourth-order valence-electron chi connectivity index (χ4n) is 1.08. The monoisotopic (exact) mass is 198 g/mol. The molecule has 0 aliphatic carbocycles. The molecule has 0 radical (unpaired) electrons. The van der Waals surface area contributed by atoms with Crippen LogP contribution < -0.4 is 0 Å². The van der Waals surface area contributed by atoms with Crippen LogP contribution in [0.25, 0.3) is 0 Å². The van der Waals surface area contributed by atoms with Crippen molar-refractivity contribution in [2.45, 2.75) is 18.6 Å². The van der Waals surface area contributed by atoms with Crippen molar-refractivity contribution in [3.8, 4) is 0 Å². The molecule has 0 fully saturated rings. The first-order chi connectivity index (χ1) is 5.67. The first kappa shape index (κ1) is 10.0. The van der Waals surface area contributed by atoms with E-state index in [-0.39, 0.29) is 4.75 Å². The van der Waals surface area contributed by atoms with Crippen molar-refractivity contribution in [2.24, 2.45) is 0 Å². The highest BCUT2D eigenvalue weighted by Gasteiger charge is 2.19. The van der Waals surface area contributed by atoms with Crippen molar-refractivity contribution < 1.29 is 0 Å². The van der Waals surface area contributed by atoms with Gasteiger partial charge in [-0.15, -0.1) is 11.8 Å². The van der Waals surface area contributed by atoms with Gasteiger partial charge in [0.25, 0.3) is 0 Å². The minimum atomic E-state index is 0.184. The van der Waals surface area contributed by atoms with Crippen LogP contribution >= 0.6 is 24.4 Å². The number of thiol groups is 1. The van der Waals surface area contributed by atoms with Gasteiger partial charge in [0.15, 0.2) is 0 Å². The van der Waals surface area contributed by atoms with Gasteiger partial charge < -0.3 is 0 Å². The molecular formula is C10H14S2. The van der Waals surface area contributed by atoms with Crippen molar-refractivity contribution in [3.05, 3.63) is 35.9 Å². The second kappa shape index (κ2) is 4.24. The summed E-state index contributed by atoms with van der Waals surface area (Å²) in [6.07, 6.45) is 0. The first-order valence-electron chi connectivity index (χ1n) is 3.97. The van der Waals surface area contributed by atoms with E-state index < -0.39 is 0 Å². The van der Waals surface area contributed by atoms with Crippen LogP contribution in [0.3, 0.4) is 0 Å². The lowest BCUT2D eigenvalue weighted by Crippen LogP contribution is -2.11. The Hall–Kier alpha value is -0.0800. The predicted molar refractivity (Wildman–Crippen MR) is 60.9 cm³/mol. The van der Waals surface area contributed by atoms with E-state index in [2.05, 4.69) is 50.7 Å². The molecule has 0 heterocycles. The van der Waals surface area contributed by atoms with Gasteiger partial charge in [0.05, 0.1) is 0 Å². The fraction of sp³-hybridized carbons (Fsp3) is 0.400. The van der Waals surface area contributed by atoms with Gasteiger partial charge in [-0.05, 0) is 19.4 Å². The smallest absolute Gasteiger partial charge is 0.0370 e. The third-order valence-electron chi connectivity index (χ3n) is 1.89. The minimum absolute atomic E-state index is 0.184. The molecule has 0 bridgehead atoms. The molecule has 0 aliphatic rings. The maximum absolute atomic E-state index is 4.23. The molecule has 0 amide bonds. The summed E-state index contributed by atoms with van der Waals surface area (Å²) in [5.74, 6) is 0. The minimum Gasteiger partial charge on any atom is -0.168 e. The number of benzene rings is 1. The second-order valence-electron chi connectivity index (χ2n) is 3.15. The third-order valence-corrected chi connectivity index (χ3v) is 3.37. The topological polar surface area (TPSA) is 0 Å². The standard InChI is InChI=1S/C10H14S2/c1-10(2,12-8-11)9-6-4-3-5-7-9/h3-7,11H,8H2,1-2H3. The molecule has 66 valence electrons. The zero-order chi connectivity index (χ0) is 9.03. The van der Waals surface area contributed by atoms with Gasteiger partial charge in [-0.3, -0.25) is 0 Å². The Balaban J connectivity index is 2.82. The molecule has 0 nitrogen and oxygen atoms in total. The molecule has 1 rings (SSSR count). The van der Waals surface area contributed by atoms with Crippen molar-refractivity contribution >= 4 is 24.4 Å². The van der Waals surface area contributed by atoms with E-state index >= 15 is 0 Å². The lowest BCUT2D eigenvalue weighted by molar-refractivity contribution is 0.785. The van der Waals surface area contributed by atoms with Gasteiger partial charge in [-0.2, -0.15) is 12.6 Å². The van der Waals surface area contributed by atoms with Gasteiger partial charge in [0.1, 0.15) is 0 Å². The molecule has 0 aromatic heterocycles. The second-order valence-corrected chi connectivity index (χ2v) is 5.49. The number of thioether (sulfide) groups is 1. The number of rotatable bonds is 3. The van der Waals surface area contributed by atoms with Crippen molar-refractivity contribution in [1.29, 1.82) is 0 Å². The molecular weight excluding hydrogens is 184 g/mol. The lowest BCUT2D eigenvalue weighted by atomic mass is 10.0. The summed E-state index contributed by atoms with van der Waals surface area (Å²) >= 11 is 6.08. The maximum atomic E-state index is 4.23. The maximum Gasteiger partial charge on any atom is 0.0370 e. The summed E-state index contributed by atoms with van der Waals surface area (Å²) in [5.41, 5.74) is 1.36. The summed E-state index contributed by atoms with van der Waals surface area (Å²) in [6.45, 7) is 4.45. The summed E-state index contributed by atoms with van der Waals surface area (Å²) in [5, 5.41) is 0.863. The Bertz CT molecular complexity index is 229. The summed E-state index contributed by atoms with van der Waals surface area (Å²) in [4.78, 5) is 0. The molecule has 1 aromatic carbocycles. The van der Waals surface area contributed by atoms with E-state index in [4.69, 9.17) is 0 Å². The van der Waals surface area contributed by atoms with Gasteiger partial charge in [-0.25, -0.2) is 0 Å². The molecule has 0 saturated carbocycles. The average molecular weight is 198 g/mol. The average Bonchev–Trinajstić information content (AvgIpc) is 2.06. The van der Waals surface area contributed by atoms with E-state index in [9.17, 15) is 0 Å². The predicted octanol–water partition coefficient (Wildman–Crippen LogP) is 3.54. The molecule has 0 aliphatic heterocycles. The SMILES string of the molecule is CC(C)(SCS)c1ccccc1. The van der Waals surface area contributed by atoms with Gasteiger partial charge in [0.2, 0.25) is 0 Å². The van der Waals surface area contributed by atoms with Crippen LogP contribution in [0.2, 0.25) is 0 Å². The Labute approximate surface area is 84.2 Å². The molecule has 0 unspecified atom stereocenters. The zero-order valence-electron chi connectivity index (χ0n) is 7.45. The Morgan fingerprint density at radius 3 is 2.33 bits per heavy atom. The highest BCUT2D eigenvalue weighted by molar-refractivity contribution is 8.09. The third kappa shape index (κ3) is 2.46. The van der Waals surface area contributed by atoms with Crippen molar-refractivity contribution in [3.63, 3.8) is 0 Å². The molecule has 12 heavy (non-hydrogen) atoms. The number of hydrogen-bond donors (Lipinski definition) is 1. The fourth-order valence-corrected chi connectivity index (χ4v) is 2.68. The summed E-state index contributed by atoms with van der Waals surface area (Å²) < 4.78 is 0.184. The lowest BCUT2D eigenvalue weighted by Gasteiger charge is -2.23. The van der Waals surface area contributed by atoms with E-state index in [1.165, 1.54) is 5.56 Å². The molecule has 0 saturated heterocycles. The quantitative estimate of drug-likeness (QED) is 0.572. The zero-order valence-corrected chi connectivity index (χ0v) is 9.16. The molecule has 1 aromatic rings. The Morgan fingerprint density at radius 2 is 1.83 bits per heavy atom. The highest BCUT2D eigenvalue weighted by atomic mass is 32.2. The van der Waals surface area contributed by atoms with Crippen LogP contribution in [-0.4, -0.2) is 5.08 Å². The van der Waals surface area contributed by atoms with E-state index in [0.29, 0.717) is 0 Å². The largest absolute Gasteiger partial charge is 0.168 e. The Kier molecular flexibility index (Phi) is 3.53. The van der Waals surface area contributed by atoms with Crippen LogP contribution in [0.15, 0.2) is 30.3 Å².